The second kappa shape index (κ2) is 3.42. The fourth-order valence-corrected chi connectivity index (χ4v) is 1.75. The van der Waals surface area contributed by atoms with Gasteiger partial charge in [0.2, 0.25) is 0 Å². The maximum Gasteiger partial charge on any atom is 0.142 e. The number of rotatable bonds is 1. The molecule has 3 nitrogen and oxygen atoms in total. The highest BCUT2D eigenvalue weighted by molar-refractivity contribution is 5.61. The van der Waals surface area contributed by atoms with Crippen molar-refractivity contribution in [1.29, 1.82) is 0 Å². The van der Waals surface area contributed by atoms with Gasteiger partial charge in [0, 0.05) is 12.6 Å². The van der Waals surface area contributed by atoms with E-state index in [0.717, 1.165) is 30.2 Å². The summed E-state index contributed by atoms with van der Waals surface area (Å²) >= 11 is 0. The zero-order valence-corrected chi connectivity index (χ0v) is 9.58. The molecule has 1 aromatic rings. The van der Waals surface area contributed by atoms with Crippen molar-refractivity contribution < 1.29 is 4.74 Å². The highest BCUT2D eigenvalue weighted by Crippen LogP contribution is 2.33. The predicted octanol–water partition coefficient (Wildman–Crippen LogP) is 1.71. The molecule has 0 atom stereocenters. The molecule has 0 amide bonds. The Hall–Kier alpha value is -1.22. The predicted molar refractivity (Wildman–Crippen MR) is 62.4 cm³/mol. The fraction of sp³-hybridized carbons (Fsp3) is 0.500. The highest BCUT2D eigenvalue weighted by atomic mass is 16.5. The molecular weight excluding hydrogens is 188 g/mol. The number of ether oxygens (including phenoxy) is 1. The van der Waals surface area contributed by atoms with Crippen molar-refractivity contribution in [1.82, 2.24) is 0 Å². The lowest BCUT2D eigenvalue weighted by molar-refractivity contribution is 0.311. The summed E-state index contributed by atoms with van der Waals surface area (Å²) in [6.45, 7) is 5.72. The lowest BCUT2D eigenvalue weighted by Crippen LogP contribution is -2.31. The van der Waals surface area contributed by atoms with E-state index >= 15 is 0 Å². The van der Waals surface area contributed by atoms with Crippen molar-refractivity contribution in [2.75, 3.05) is 25.1 Å². The first kappa shape index (κ1) is 10.3. The van der Waals surface area contributed by atoms with Crippen molar-refractivity contribution in [2.24, 2.45) is 5.73 Å². The van der Waals surface area contributed by atoms with E-state index in [9.17, 15) is 0 Å². The molecule has 1 aliphatic rings. The van der Waals surface area contributed by atoms with Crippen LogP contribution in [0.25, 0.3) is 0 Å². The van der Waals surface area contributed by atoms with Gasteiger partial charge in [-0.05, 0) is 31.5 Å². The third kappa shape index (κ3) is 1.92. The topological polar surface area (TPSA) is 38.5 Å². The number of hydrogen-bond donors (Lipinski definition) is 1. The van der Waals surface area contributed by atoms with Gasteiger partial charge in [-0.2, -0.15) is 0 Å². The molecule has 3 heteroatoms. The van der Waals surface area contributed by atoms with Crippen molar-refractivity contribution >= 4 is 5.69 Å². The van der Waals surface area contributed by atoms with E-state index in [4.69, 9.17) is 10.5 Å². The van der Waals surface area contributed by atoms with Crippen LogP contribution in [0.4, 0.5) is 5.69 Å². The number of nitrogens with two attached hydrogens (primary N) is 1. The monoisotopic (exact) mass is 206 g/mol. The lowest BCUT2D eigenvalue weighted by atomic mass is 9.95. The van der Waals surface area contributed by atoms with Crippen LogP contribution in [0.2, 0.25) is 0 Å². The molecule has 1 heterocycles. The van der Waals surface area contributed by atoms with Crippen LogP contribution < -0.4 is 15.4 Å². The van der Waals surface area contributed by atoms with E-state index in [1.165, 1.54) is 0 Å². The number of hydrogen-bond acceptors (Lipinski definition) is 3. The summed E-state index contributed by atoms with van der Waals surface area (Å²) in [5.74, 6) is 0.955. The average Bonchev–Trinajstić information content (AvgIpc) is 2.16. The molecule has 0 unspecified atom stereocenters. The molecule has 82 valence electrons. The van der Waals surface area contributed by atoms with Crippen molar-refractivity contribution in [3.05, 3.63) is 23.8 Å². The van der Waals surface area contributed by atoms with Crippen LogP contribution >= 0.6 is 0 Å². The first-order valence-corrected chi connectivity index (χ1v) is 5.26. The van der Waals surface area contributed by atoms with Gasteiger partial charge in [-0.15, -0.1) is 0 Å². The molecule has 0 aromatic heterocycles. The maximum absolute atomic E-state index is 6.08. The zero-order valence-electron chi connectivity index (χ0n) is 9.58. The summed E-state index contributed by atoms with van der Waals surface area (Å²) in [5, 5.41) is 0. The minimum atomic E-state index is -0.298. The molecule has 0 saturated carbocycles. The summed E-state index contributed by atoms with van der Waals surface area (Å²) in [4.78, 5) is 2.20. The van der Waals surface area contributed by atoms with Gasteiger partial charge < -0.3 is 15.4 Å². The molecule has 0 spiro atoms. The maximum atomic E-state index is 6.08. The largest absolute Gasteiger partial charge is 0.490 e. The first-order chi connectivity index (χ1) is 6.98. The standard InChI is InChI=1S/C12H18N2O/c1-12(2,13)9-4-5-11-10(8-9)14(3)6-7-15-11/h4-5,8H,6-7,13H2,1-3H3. The second-order valence-corrected chi connectivity index (χ2v) is 4.67. The summed E-state index contributed by atoms with van der Waals surface area (Å²) in [5.41, 5.74) is 8.05. The van der Waals surface area contributed by atoms with Crippen LogP contribution in [0, 0.1) is 0 Å². The average molecular weight is 206 g/mol. The Morgan fingerprint density at radius 3 is 2.80 bits per heavy atom. The van der Waals surface area contributed by atoms with E-state index in [1.807, 2.05) is 26.0 Å². The quantitative estimate of drug-likeness (QED) is 0.760. The highest BCUT2D eigenvalue weighted by Gasteiger charge is 2.20. The summed E-state index contributed by atoms with van der Waals surface area (Å²) in [6, 6.07) is 6.17. The van der Waals surface area contributed by atoms with E-state index in [1.54, 1.807) is 0 Å². The fourth-order valence-electron chi connectivity index (χ4n) is 1.75. The number of nitrogens with zero attached hydrogens (tertiary/aromatic N) is 1. The van der Waals surface area contributed by atoms with E-state index in [-0.39, 0.29) is 5.54 Å². The van der Waals surface area contributed by atoms with Gasteiger partial charge in [-0.3, -0.25) is 0 Å². The van der Waals surface area contributed by atoms with Gasteiger partial charge in [0.25, 0.3) is 0 Å². The Labute approximate surface area is 90.8 Å². The smallest absolute Gasteiger partial charge is 0.142 e. The van der Waals surface area contributed by atoms with Crippen molar-refractivity contribution in [2.45, 2.75) is 19.4 Å². The third-order valence-electron chi connectivity index (χ3n) is 2.80. The summed E-state index contributed by atoms with van der Waals surface area (Å²) in [6.07, 6.45) is 0. The van der Waals surface area contributed by atoms with Crippen molar-refractivity contribution in [3.63, 3.8) is 0 Å². The Morgan fingerprint density at radius 2 is 2.13 bits per heavy atom. The van der Waals surface area contributed by atoms with Crippen LogP contribution in [-0.4, -0.2) is 20.2 Å². The van der Waals surface area contributed by atoms with Crippen LogP contribution in [0.5, 0.6) is 5.75 Å². The van der Waals surface area contributed by atoms with Crippen LogP contribution in [0.3, 0.4) is 0 Å². The molecular formula is C12H18N2O. The van der Waals surface area contributed by atoms with E-state index in [0.29, 0.717) is 0 Å². The van der Waals surface area contributed by atoms with Crippen LogP contribution in [-0.2, 0) is 5.54 Å². The zero-order chi connectivity index (χ0) is 11.1. The minimum absolute atomic E-state index is 0.298. The molecule has 0 saturated heterocycles. The number of anilines is 1. The van der Waals surface area contributed by atoms with Gasteiger partial charge in [0.15, 0.2) is 0 Å². The molecule has 0 aliphatic carbocycles. The molecule has 15 heavy (non-hydrogen) atoms. The van der Waals surface area contributed by atoms with Gasteiger partial charge in [-0.25, -0.2) is 0 Å². The molecule has 0 fully saturated rings. The lowest BCUT2D eigenvalue weighted by Gasteiger charge is -2.30. The molecule has 1 aromatic carbocycles. The Kier molecular flexibility index (Phi) is 2.35. The van der Waals surface area contributed by atoms with Gasteiger partial charge in [-0.1, -0.05) is 6.07 Å². The molecule has 0 radical (unpaired) electrons. The Balaban J connectivity index is 2.44. The third-order valence-corrected chi connectivity index (χ3v) is 2.80. The normalized spacial score (nSPS) is 15.9. The summed E-state index contributed by atoms with van der Waals surface area (Å²) in [7, 11) is 2.08. The van der Waals surface area contributed by atoms with Gasteiger partial charge >= 0.3 is 0 Å². The first-order valence-electron chi connectivity index (χ1n) is 5.26. The summed E-state index contributed by atoms with van der Waals surface area (Å²) < 4.78 is 5.58. The van der Waals surface area contributed by atoms with E-state index in [2.05, 4.69) is 18.0 Å². The molecule has 2 rings (SSSR count). The molecule has 0 bridgehead atoms. The number of fused-ring (bicyclic) bond motifs is 1. The Morgan fingerprint density at radius 1 is 1.40 bits per heavy atom. The van der Waals surface area contributed by atoms with Crippen LogP contribution in [0.1, 0.15) is 19.4 Å². The molecule has 2 N–H and O–H groups in total. The number of likely N-dealkylation sites (N-methyl/N-ethyl adjacent to an activating group) is 1. The SMILES string of the molecule is CN1CCOc2ccc(C(C)(C)N)cc21. The van der Waals surface area contributed by atoms with Gasteiger partial charge in [0.05, 0.1) is 12.2 Å². The van der Waals surface area contributed by atoms with Gasteiger partial charge in [0.1, 0.15) is 12.4 Å². The Bertz CT molecular complexity index is 368. The molecule has 1 aliphatic heterocycles. The van der Waals surface area contributed by atoms with E-state index < -0.39 is 0 Å². The second-order valence-electron chi connectivity index (χ2n) is 4.67. The van der Waals surface area contributed by atoms with Crippen LogP contribution in [0.15, 0.2) is 18.2 Å². The minimum Gasteiger partial charge on any atom is -0.490 e. The van der Waals surface area contributed by atoms with Crippen molar-refractivity contribution in [3.8, 4) is 5.75 Å². The number of benzene rings is 1.